The number of ether oxygens (including phenoxy) is 1. The fourth-order valence-corrected chi connectivity index (χ4v) is 2.13. The minimum absolute atomic E-state index is 0.560. The van der Waals surface area contributed by atoms with E-state index in [-0.39, 0.29) is 0 Å². The van der Waals surface area contributed by atoms with E-state index in [2.05, 4.69) is 42.0 Å². The molecule has 0 aliphatic carbocycles. The molecular weight excluding hydrogens is 290 g/mol. The first-order valence-corrected chi connectivity index (χ1v) is 7.52. The van der Waals surface area contributed by atoms with Gasteiger partial charge in [0.1, 0.15) is 5.75 Å². The minimum atomic E-state index is 0.560. The summed E-state index contributed by atoms with van der Waals surface area (Å²) in [5, 5.41) is 3.49. The molecular formula is C15H24BrNO. The average Bonchev–Trinajstić information content (AvgIpc) is 2.33. The van der Waals surface area contributed by atoms with Crippen LogP contribution in [-0.4, -0.2) is 19.2 Å². The summed E-state index contributed by atoms with van der Waals surface area (Å²) in [4.78, 5) is 0. The molecule has 1 unspecified atom stereocenters. The Kier molecular flexibility index (Phi) is 7.36. The van der Waals surface area contributed by atoms with Gasteiger partial charge >= 0.3 is 0 Å². The molecule has 1 aromatic carbocycles. The molecule has 0 aliphatic heterocycles. The molecule has 18 heavy (non-hydrogen) atoms. The summed E-state index contributed by atoms with van der Waals surface area (Å²) in [7, 11) is 0. The van der Waals surface area contributed by atoms with Crippen molar-refractivity contribution in [1.82, 2.24) is 5.32 Å². The van der Waals surface area contributed by atoms with Crippen LogP contribution in [0.1, 0.15) is 33.6 Å². The van der Waals surface area contributed by atoms with E-state index in [0.29, 0.717) is 12.0 Å². The first-order chi connectivity index (χ1) is 8.61. The van der Waals surface area contributed by atoms with Crippen molar-refractivity contribution in [3.8, 4) is 5.75 Å². The van der Waals surface area contributed by atoms with Crippen molar-refractivity contribution in [2.45, 2.75) is 39.7 Å². The summed E-state index contributed by atoms with van der Waals surface area (Å²) >= 11 is 3.45. The Morgan fingerprint density at radius 2 is 2.11 bits per heavy atom. The quantitative estimate of drug-likeness (QED) is 0.775. The molecule has 0 radical (unpaired) electrons. The molecule has 0 fully saturated rings. The normalized spacial score (nSPS) is 12.7. The number of hydrogen-bond donors (Lipinski definition) is 1. The molecule has 0 bridgehead atoms. The monoisotopic (exact) mass is 313 g/mol. The molecule has 0 aromatic heterocycles. The third-order valence-electron chi connectivity index (χ3n) is 2.98. The lowest BCUT2D eigenvalue weighted by atomic mass is 10.0. The first-order valence-electron chi connectivity index (χ1n) is 6.73. The second-order valence-corrected chi connectivity index (χ2v) is 5.85. The van der Waals surface area contributed by atoms with Crippen LogP contribution >= 0.6 is 15.9 Å². The number of rotatable bonds is 8. The van der Waals surface area contributed by atoms with Crippen LogP contribution in [0.5, 0.6) is 5.75 Å². The van der Waals surface area contributed by atoms with Crippen LogP contribution in [-0.2, 0) is 0 Å². The van der Waals surface area contributed by atoms with E-state index in [1.807, 2.05) is 24.3 Å². The van der Waals surface area contributed by atoms with Gasteiger partial charge in [0.05, 0.1) is 6.61 Å². The zero-order valence-corrected chi connectivity index (χ0v) is 13.2. The highest BCUT2D eigenvalue weighted by atomic mass is 79.9. The standard InChI is InChI=1S/C15H24BrNO/c1-4-13(11-17-12(2)3)8-9-18-15-7-5-6-14(16)10-15/h5-7,10,12-13,17H,4,8-9,11H2,1-3H3. The third kappa shape index (κ3) is 6.41. The van der Waals surface area contributed by atoms with Gasteiger partial charge in [-0.3, -0.25) is 0 Å². The van der Waals surface area contributed by atoms with Crippen molar-refractivity contribution in [3.63, 3.8) is 0 Å². The number of benzene rings is 1. The van der Waals surface area contributed by atoms with Gasteiger partial charge in [-0.15, -0.1) is 0 Å². The highest BCUT2D eigenvalue weighted by molar-refractivity contribution is 9.10. The van der Waals surface area contributed by atoms with Gasteiger partial charge in [-0.2, -0.15) is 0 Å². The zero-order valence-electron chi connectivity index (χ0n) is 11.6. The van der Waals surface area contributed by atoms with E-state index in [4.69, 9.17) is 4.74 Å². The zero-order chi connectivity index (χ0) is 13.4. The van der Waals surface area contributed by atoms with Gasteiger partial charge in [-0.25, -0.2) is 0 Å². The second kappa shape index (κ2) is 8.54. The molecule has 1 aromatic rings. The van der Waals surface area contributed by atoms with Gasteiger partial charge in [0, 0.05) is 10.5 Å². The molecule has 2 nitrogen and oxygen atoms in total. The van der Waals surface area contributed by atoms with Gasteiger partial charge < -0.3 is 10.1 Å². The van der Waals surface area contributed by atoms with Crippen LogP contribution in [0.4, 0.5) is 0 Å². The molecule has 102 valence electrons. The Balaban J connectivity index is 2.26. The summed E-state index contributed by atoms with van der Waals surface area (Å²) in [6.07, 6.45) is 2.30. The van der Waals surface area contributed by atoms with Gasteiger partial charge in [-0.1, -0.05) is 49.2 Å². The predicted octanol–water partition coefficient (Wildman–Crippen LogP) is 4.24. The maximum absolute atomic E-state index is 5.77. The van der Waals surface area contributed by atoms with E-state index >= 15 is 0 Å². The molecule has 0 spiro atoms. The smallest absolute Gasteiger partial charge is 0.120 e. The molecule has 1 rings (SSSR count). The molecule has 0 saturated carbocycles. The summed E-state index contributed by atoms with van der Waals surface area (Å²) in [5.41, 5.74) is 0. The second-order valence-electron chi connectivity index (χ2n) is 4.93. The highest BCUT2D eigenvalue weighted by Crippen LogP contribution is 2.18. The van der Waals surface area contributed by atoms with Crippen LogP contribution in [0.2, 0.25) is 0 Å². The number of halogens is 1. The maximum atomic E-state index is 5.77. The Bertz CT molecular complexity index is 341. The van der Waals surface area contributed by atoms with Crippen molar-refractivity contribution >= 4 is 15.9 Å². The van der Waals surface area contributed by atoms with Gasteiger partial charge in [0.2, 0.25) is 0 Å². The number of nitrogens with one attached hydrogen (secondary N) is 1. The van der Waals surface area contributed by atoms with Gasteiger partial charge in [-0.05, 0) is 37.1 Å². The van der Waals surface area contributed by atoms with Crippen LogP contribution in [0, 0.1) is 5.92 Å². The SMILES string of the molecule is CCC(CCOc1cccc(Br)c1)CNC(C)C. The maximum Gasteiger partial charge on any atom is 0.120 e. The lowest BCUT2D eigenvalue weighted by Gasteiger charge is -2.17. The highest BCUT2D eigenvalue weighted by Gasteiger charge is 2.07. The van der Waals surface area contributed by atoms with Gasteiger partial charge in [0.15, 0.2) is 0 Å². The van der Waals surface area contributed by atoms with Crippen molar-refractivity contribution in [2.75, 3.05) is 13.2 Å². The van der Waals surface area contributed by atoms with Crippen LogP contribution in [0.25, 0.3) is 0 Å². The Morgan fingerprint density at radius 1 is 1.33 bits per heavy atom. The fraction of sp³-hybridized carbons (Fsp3) is 0.600. The van der Waals surface area contributed by atoms with Crippen LogP contribution in [0.3, 0.4) is 0 Å². The molecule has 0 heterocycles. The van der Waals surface area contributed by atoms with Crippen molar-refractivity contribution in [2.24, 2.45) is 5.92 Å². The third-order valence-corrected chi connectivity index (χ3v) is 3.48. The van der Waals surface area contributed by atoms with E-state index in [1.165, 1.54) is 6.42 Å². The number of hydrogen-bond acceptors (Lipinski definition) is 2. The molecule has 3 heteroatoms. The largest absolute Gasteiger partial charge is 0.494 e. The molecule has 1 N–H and O–H groups in total. The Labute approximate surface area is 119 Å². The topological polar surface area (TPSA) is 21.3 Å². The van der Waals surface area contributed by atoms with Crippen molar-refractivity contribution in [3.05, 3.63) is 28.7 Å². The summed E-state index contributed by atoms with van der Waals surface area (Å²) < 4.78 is 6.83. The Hall–Kier alpha value is -0.540. The molecule has 0 aliphatic rings. The van der Waals surface area contributed by atoms with E-state index in [0.717, 1.165) is 29.8 Å². The lowest BCUT2D eigenvalue weighted by molar-refractivity contribution is 0.269. The van der Waals surface area contributed by atoms with Crippen LogP contribution < -0.4 is 10.1 Å². The molecule has 0 amide bonds. The lowest BCUT2D eigenvalue weighted by Crippen LogP contribution is -2.29. The van der Waals surface area contributed by atoms with Crippen molar-refractivity contribution in [1.29, 1.82) is 0 Å². The van der Waals surface area contributed by atoms with E-state index in [1.54, 1.807) is 0 Å². The minimum Gasteiger partial charge on any atom is -0.494 e. The fourth-order valence-electron chi connectivity index (χ4n) is 1.75. The van der Waals surface area contributed by atoms with Crippen molar-refractivity contribution < 1.29 is 4.74 Å². The molecule has 1 atom stereocenters. The summed E-state index contributed by atoms with van der Waals surface area (Å²) in [6.45, 7) is 8.48. The summed E-state index contributed by atoms with van der Waals surface area (Å²) in [5.74, 6) is 1.63. The van der Waals surface area contributed by atoms with E-state index in [9.17, 15) is 0 Å². The molecule has 0 saturated heterocycles. The van der Waals surface area contributed by atoms with Gasteiger partial charge in [0.25, 0.3) is 0 Å². The summed E-state index contributed by atoms with van der Waals surface area (Å²) in [6, 6.07) is 8.57. The Morgan fingerprint density at radius 3 is 2.72 bits per heavy atom. The van der Waals surface area contributed by atoms with Crippen LogP contribution in [0.15, 0.2) is 28.7 Å². The average molecular weight is 314 g/mol. The van der Waals surface area contributed by atoms with E-state index < -0.39 is 0 Å². The predicted molar refractivity (Wildman–Crippen MR) is 81.2 cm³/mol. The first kappa shape index (κ1) is 15.5.